The first-order valence-corrected chi connectivity index (χ1v) is 8.65. The highest BCUT2D eigenvalue weighted by Gasteiger charge is 2.22. The van der Waals surface area contributed by atoms with E-state index in [1.807, 2.05) is 54.6 Å². The van der Waals surface area contributed by atoms with E-state index in [9.17, 15) is 9.90 Å². The summed E-state index contributed by atoms with van der Waals surface area (Å²) in [6.07, 6.45) is 0.101. The van der Waals surface area contributed by atoms with Gasteiger partial charge in [0.1, 0.15) is 12.4 Å². The highest BCUT2D eigenvalue weighted by atomic mass is 35.5. The Morgan fingerprint density at radius 1 is 1.23 bits per heavy atom. The van der Waals surface area contributed by atoms with Gasteiger partial charge in [-0.3, -0.25) is 4.79 Å². The molecule has 0 spiro atoms. The Labute approximate surface area is 160 Å². The fourth-order valence-electron chi connectivity index (χ4n) is 2.89. The SMILES string of the molecule is Cl.O=C(NCC(O)c1cccc(OCc2ccccc2)c1)C1CCNC1. The van der Waals surface area contributed by atoms with E-state index in [1.165, 1.54) is 0 Å². The number of benzene rings is 2. The molecular weight excluding hydrogens is 352 g/mol. The van der Waals surface area contributed by atoms with Gasteiger partial charge in [-0.1, -0.05) is 42.5 Å². The van der Waals surface area contributed by atoms with Gasteiger partial charge in [-0.2, -0.15) is 0 Å². The second kappa shape index (κ2) is 10.2. The Morgan fingerprint density at radius 3 is 2.77 bits per heavy atom. The summed E-state index contributed by atoms with van der Waals surface area (Å²) >= 11 is 0. The van der Waals surface area contributed by atoms with Crippen LogP contribution in [0.5, 0.6) is 5.75 Å². The summed E-state index contributed by atoms with van der Waals surface area (Å²) in [4.78, 5) is 12.0. The third-order valence-electron chi connectivity index (χ3n) is 4.39. The Morgan fingerprint density at radius 2 is 2.04 bits per heavy atom. The molecule has 1 heterocycles. The number of hydrogen-bond acceptors (Lipinski definition) is 4. The van der Waals surface area contributed by atoms with Crippen molar-refractivity contribution < 1.29 is 14.6 Å². The van der Waals surface area contributed by atoms with Crippen molar-refractivity contribution in [3.63, 3.8) is 0 Å². The minimum Gasteiger partial charge on any atom is -0.489 e. The van der Waals surface area contributed by atoms with Crippen LogP contribution in [-0.4, -0.2) is 30.6 Å². The number of nitrogens with one attached hydrogen (secondary N) is 2. The standard InChI is InChI=1S/C20H24N2O3.ClH/c23-19(13-22-20(24)17-9-10-21-12-17)16-7-4-8-18(11-16)25-14-15-5-2-1-3-6-15;/h1-8,11,17,19,21,23H,9-10,12-14H2,(H,22,24);1H. The highest BCUT2D eigenvalue weighted by molar-refractivity contribution is 5.85. The molecule has 0 bridgehead atoms. The van der Waals surface area contributed by atoms with Crippen LogP contribution in [0.1, 0.15) is 23.7 Å². The summed E-state index contributed by atoms with van der Waals surface area (Å²) in [6, 6.07) is 17.3. The van der Waals surface area contributed by atoms with E-state index in [2.05, 4.69) is 10.6 Å². The predicted molar refractivity (Wildman–Crippen MR) is 103 cm³/mol. The van der Waals surface area contributed by atoms with Crippen molar-refractivity contribution in [2.75, 3.05) is 19.6 Å². The van der Waals surface area contributed by atoms with Gasteiger partial charge in [0.25, 0.3) is 0 Å². The van der Waals surface area contributed by atoms with Crippen LogP contribution in [0.25, 0.3) is 0 Å². The van der Waals surface area contributed by atoms with Gasteiger partial charge in [0.05, 0.1) is 12.0 Å². The summed E-state index contributed by atoms with van der Waals surface area (Å²) in [5.74, 6) is 0.708. The molecule has 2 aromatic rings. The molecule has 1 aliphatic heterocycles. The second-order valence-electron chi connectivity index (χ2n) is 6.30. The summed E-state index contributed by atoms with van der Waals surface area (Å²) in [5.41, 5.74) is 1.82. The van der Waals surface area contributed by atoms with Crippen molar-refractivity contribution in [1.29, 1.82) is 0 Å². The van der Waals surface area contributed by atoms with Crippen LogP contribution in [0, 0.1) is 5.92 Å². The van der Waals surface area contributed by atoms with Gasteiger partial charge >= 0.3 is 0 Å². The Kier molecular flexibility index (Phi) is 7.91. The molecule has 3 rings (SSSR count). The van der Waals surface area contributed by atoms with E-state index < -0.39 is 6.10 Å². The molecule has 1 aliphatic rings. The number of halogens is 1. The summed E-state index contributed by atoms with van der Waals surface area (Å²) < 4.78 is 5.78. The van der Waals surface area contributed by atoms with Gasteiger partial charge in [-0.05, 0) is 36.2 Å². The molecule has 1 amide bonds. The number of hydrogen-bond donors (Lipinski definition) is 3. The zero-order valence-electron chi connectivity index (χ0n) is 14.6. The lowest BCUT2D eigenvalue weighted by atomic mass is 10.1. The first-order chi connectivity index (χ1) is 12.2. The molecule has 1 fully saturated rings. The number of ether oxygens (including phenoxy) is 1. The van der Waals surface area contributed by atoms with Crippen LogP contribution >= 0.6 is 12.4 Å². The number of carbonyl (C=O) groups excluding carboxylic acids is 1. The second-order valence-corrected chi connectivity index (χ2v) is 6.30. The monoisotopic (exact) mass is 376 g/mol. The number of rotatable bonds is 7. The summed E-state index contributed by atoms with van der Waals surface area (Å²) in [5, 5.41) is 16.3. The lowest BCUT2D eigenvalue weighted by molar-refractivity contribution is -0.124. The Bertz CT molecular complexity index is 690. The largest absolute Gasteiger partial charge is 0.489 e. The minimum absolute atomic E-state index is 0. The fraction of sp³-hybridized carbons (Fsp3) is 0.350. The summed E-state index contributed by atoms with van der Waals surface area (Å²) in [6.45, 7) is 2.27. The Hall–Kier alpha value is -2.08. The Balaban J connectivity index is 0.00000243. The van der Waals surface area contributed by atoms with E-state index in [0.29, 0.717) is 18.9 Å². The van der Waals surface area contributed by atoms with E-state index >= 15 is 0 Å². The van der Waals surface area contributed by atoms with Gasteiger partial charge in [0.15, 0.2) is 0 Å². The molecule has 0 saturated carbocycles. The van der Waals surface area contributed by atoms with Crippen LogP contribution in [0.2, 0.25) is 0 Å². The summed E-state index contributed by atoms with van der Waals surface area (Å²) in [7, 11) is 0. The first kappa shape index (κ1) is 20.2. The first-order valence-electron chi connectivity index (χ1n) is 8.65. The number of aliphatic hydroxyl groups excluding tert-OH is 1. The van der Waals surface area contributed by atoms with E-state index in [4.69, 9.17) is 4.74 Å². The molecule has 2 atom stereocenters. The molecule has 2 unspecified atom stereocenters. The van der Waals surface area contributed by atoms with Crippen molar-refractivity contribution >= 4 is 18.3 Å². The molecule has 5 nitrogen and oxygen atoms in total. The third kappa shape index (κ3) is 5.73. The van der Waals surface area contributed by atoms with Crippen LogP contribution in [0.3, 0.4) is 0 Å². The molecule has 140 valence electrons. The topological polar surface area (TPSA) is 70.6 Å². The van der Waals surface area contributed by atoms with E-state index in [-0.39, 0.29) is 30.8 Å². The quantitative estimate of drug-likeness (QED) is 0.694. The predicted octanol–water partition coefficient (Wildman–Crippen LogP) is 2.45. The van der Waals surface area contributed by atoms with Gasteiger partial charge in [-0.25, -0.2) is 0 Å². The molecule has 6 heteroatoms. The molecule has 2 aromatic carbocycles. The van der Waals surface area contributed by atoms with Crippen LogP contribution < -0.4 is 15.4 Å². The highest BCUT2D eigenvalue weighted by Crippen LogP contribution is 2.20. The zero-order valence-corrected chi connectivity index (χ0v) is 15.4. The van der Waals surface area contributed by atoms with Gasteiger partial charge < -0.3 is 20.5 Å². The average Bonchev–Trinajstić information content (AvgIpc) is 3.20. The lowest BCUT2D eigenvalue weighted by Gasteiger charge is -2.15. The molecule has 1 saturated heterocycles. The number of amides is 1. The van der Waals surface area contributed by atoms with E-state index in [1.54, 1.807) is 0 Å². The normalized spacial score (nSPS) is 17.2. The van der Waals surface area contributed by atoms with Crippen molar-refractivity contribution in [3.05, 3.63) is 65.7 Å². The van der Waals surface area contributed by atoms with Gasteiger partial charge in [-0.15, -0.1) is 12.4 Å². The van der Waals surface area contributed by atoms with Crippen LogP contribution in [-0.2, 0) is 11.4 Å². The van der Waals surface area contributed by atoms with Crippen molar-refractivity contribution in [2.45, 2.75) is 19.1 Å². The zero-order chi connectivity index (χ0) is 17.5. The van der Waals surface area contributed by atoms with Gasteiger partial charge in [0.2, 0.25) is 5.91 Å². The van der Waals surface area contributed by atoms with Crippen molar-refractivity contribution in [3.8, 4) is 5.75 Å². The van der Waals surface area contributed by atoms with Crippen molar-refractivity contribution in [2.24, 2.45) is 5.92 Å². The fourth-order valence-corrected chi connectivity index (χ4v) is 2.89. The van der Waals surface area contributed by atoms with Gasteiger partial charge in [0, 0.05) is 13.1 Å². The maximum atomic E-state index is 12.0. The third-order valence-corrected chi connectivity index (χ3v) is 4.39. The molecule has 3 N–H and O–H groups in total. The number of carbonyl (C=O) groups is 1. The number of aliphatic hydroxyl groups is 1. The molecule has 0 aromatic heterocycles. The van der Waals surface area contributed by atoms with Crippen molar-refractivity contribution in [1.82, 2.24) is 10.6 Å². The maximum Gasteiger partial charge on any atom is 0.224 e. The molecule has 0 radical (unpaired) electrons. The molecule has 26 heavy (non-hydrogen) atoms. The molecular formula is C20H25ClN2O3. The maximum absolute atomic E-state index is 12.0. The smallest absolute Gasteiger partial charge is 0.224 e. The van der Waals surface area contributed by atoms with Crippen LogP contribution in [0.4, 0.5) is 0 Å². The van der Waals surface area contributed by atoms with Crippen LogP contribution in [0.15, 0.2) is 54.6 Å². The van der Waals surface area contributed by atoms with E-state index in [0.717, 1.165) is 24.1 Å². The molecule has 0 aliphatic carbocycles. The minimum atomic E-state index is -0.751. The average molecular weight is 377 g/mol. The lowest BCUT2D eigenvalue weighted by Crippen LogP contribution is -2.34.